The molecule has 0 saturated heterocycles. The summed E-state index contributed by atoms with van der Waals surface area (Å²) < 4.78 is 30.6. The lowest BCUT2D eigenvalue weighted by Crippen LogP contribution is -1.91. The molecule has 0 radical (unpaired) electrons. The maximum absolute atomic E-state index is 12.8. The Bertz CT molecular complexity index is 522. The van der Waals surface area contributed by atoms with Gasteiger partial charge in [-0.15, -0.1) is 0 Å². The number of hydrogen-bond acceptors (Lipinski definition) is 3. The molecule has 0 aliphatic carbocycles. The second-order valence-electron chi connectivity index (χ2n) is 2.84. The molecule has 0 saturated carbocycles. The number of ether oxygens (including phenoxy) is 1. The van der Waals surface area contributed by atoms with Gasteiger partial charge in [-0.3, -0.25) is 0 Å². The zero-order valence-corrected chi connectivity index (χ0v) is 8.58. The molecule has 3 nitrogen and oxygen atoms in total. The molecule has 0 amide bonds. The maximum atomic E-state index is 12.8. The van der Waals surface area contributed by atoms with Gasteiger partial charge >= 0.3 is 0 Å². The van der Waals surface area contributed by atoms with Gasteiger partial charge in [0.15, 0.2) is 11.6 Å². The summed E-state index contributed by atoms with van der Waals surface area (Å²) in [5.41, 5.74) is 0. The second kappa shape index (κ2) is 4.40. The summed E-state index contributed by atoms with van der Waals surface area (Å²) in [5.74, 6) is -1.63. The van der Waals surface area contributed by atoms with E-state index in [1.165, 1.54) is 18.3 Å². The third-order valence-electron chi connectivity index (χ3n) is 1.71. The first kappa shape index (κ1) is 10.8. The van der Waals surface area contributed by atoms with Gasteiger partial charge < -0.3 is 4.74 Å². The summed E-state index contributed by atoms with van der Waals surface area (Å²) in [5, 5.41) is 0.0140. The first-order valence-electron chi connectivity index (χ1n) is 4.26. The Kier molecular flexibility index (Phi) is 2.96. The van der Waals surface area contributed by atoms with Crippen molar-refractivity contribution in [2.45, 2.75) is 0 Å². The highest BCUT2D eigenvalue weighted by molar-refractivity contribution is 6.28. The maximum Gasteiger partial charge on any atom is 0.225 e. The Balaban J connectivity index is 2.24. The van der Waals surface area contributed by atoms with Crippen LogP contribution in [0.4, 0.5) is 8.78 Å². The highest BCUT2D eigenvalue weighted by Crippen LogP contribution is 2.21. The number of rotatable bonds is 2. The van der Waals surface area contributed by atoms with Crippen molar-refractivity contribution in [1.29, 1.82) is 0 Å². The van der Waals surface area contributed by atoms with Crippen LogP contribution in [-0.2, 0) is 0 Å². The number of halogens is 3. The molecule has 0 aliphatic heterocycles. The molecule has 82 valence electrons. The average molecular weight is 243 g/mol. The van der Waals surface area contributed by atoms with Crippen LogP contribution in [0.15, 0.2) is 30.5 Å². The molecule has 0 spiro atoms. The fourth-order valence-electron chi connectivity index (χ4n) is 1.04. The van der Waals surface area contributed by atoms with Gasteiger partial charge in [0, 0.05) is 18.3 Å². The van der Waals surface area contributed by atoms with E-state index in [9.17, 15) is 8.78 Å². The molecule has 0 N–H and O–H groups in total. The lowest BCUT2D eigenvalue weighted by molar-refractivity contribution is 0.446. The van der Waals surface area contributed by atoms with Crippen molar-refractivity contribution < 1.29 is 13.5 Å². The highest BCUT2D eigenvalue weighted by atomic mass is 35.5. The summed E-state index contributed by atoms with van der Waals surface area (Å²) in [6, 6.07) is 4.63. The number of hydrogen-bond donors (Lipinski definition) is 0. The molecular weight excluding hydrogens is 238 g/mol. The van der Waals surface area contributed by atoms with E-state index in [1.807, 2.05) is 0 Å². The lowest BCUT2D eigenvalue weighted by Gasteiger charge is -2.04. The molecule has 0 aliphatic rings. The monoisotopic (exact) mass is 242 g/mol. The van der Waals surface area contributed by atoms with Gasteiger partial charge in [-0.2, -0.15) is 4.98 Å². The molecular formula is C10H5ClF2N2O. The zero-order chi connectivity index (χ0) is 11.5. The Labute approximate surface area is 94.7 Å². The van der Waals surface area contributed by atoms with Gasteiger partial charge in [0.05, 0.1) is 0 Å². The standard InChI is InChI=1S/C10H5ClF2N2O/c11-10-14-4-3-9(15-10)16-6-1-2-7(12)8(13)5-6/h1-5H. The van der Waals surface area contributed by atoms with Crippen LogP contribution in [0, 0.1) is 11.6 Å². The molecule has 1 aromatic carbocycles. The fourth-order valence-corrected chi connectivity index (χ4v) is 1.18. The quantitative estimate of drug-likeness (QED) is 0.759. The van der Waals surface area contributed by atoms with Crippen LogP contribution in [-0.4, -0.2) is 9.97 Å². The minimum absolute atomic E-state index is 0.0140. The SMILES string of the molecule is Fc1ccc(Oc2ccnc(Cl)n2)cc1F. The number of nitrogens with zero attached hydrogens (tertiary/aromatic N) is 2. The summed E-state index contributed by atoms with van der Waals surface area (Å²) >= 11 is 5.53. The average Bonchev–Trinajstić information content (AvgIpc) is 2.24. The van der Waals surface area contributed by atoms with Crippen LogP contribution in [0.5, 0.6) is 11.6 Å². The minimum Gasteiger partial charge on any atom is -0.439 e. The molecule has 6 heteroatoms. The zero-order valence-electron chi connectivity index (χ0n) is 7.82. The molecule has 16 heavy (non-hydrogen) atoms. The van der Waals surface area contributed by atoms with Crippen molar-refractivity contribution in [1.82, 2.24) is 9.97 Å². The Hall–Kier alpha value is -1.75. The van der Waals surface area contributed by atoms with E-state index in [4.69, 9.17) is 16.3 Å². The molecule has 1 aromatic heterocycles. The molecule has 2 rings (SSSR count). The van der Waals surface area contributed by atoms with Crippen molar-refractivity contribution in [3.05, 3.63) is 47.4 Å². The predicted molar refractivity (Wildman–Crippen MR) is 53.5 cm³/mol. The normalized spacial score (nSPS) is 10.2. The van der Waals surface area contributed by atoms with E-state index in [1.54, 1.807) is 0 Å². The van der Waals surface area contributed by atoms with E-state index in [0.29, 0.717) is 0 Å². The van der Waals surface area contributed by atoms with Crippen LogP contribution in [0.2, 0.25) is 5.28 Å². The lowest BCUT2D eigenvalue weighted by atomic mass is 10.3. The Morgan fingerprint density at radius 3 is 2.62 bits per heavy atom. The molecule has 0 bridgehead atoms. The molecule has 0 atom stereocenters. The summed E-state index contributed by atoms with van der Waals surface area (Å²) in [4.78, 5) is 7.39. The molecule has 0 unspecified atom stereocenters. The van der Waals surface area contributed by atoms with Crippen molar-refractivity contribution in [3.8, 4) is 11.6 Å². The topological polar surface area (TPSA) is 35.0 Å². The van der Waals surface area contributed by atoms with E-state index in [-0.39, 0.29) is 16.9 Å². The van der Waals surface area contributed by atoms with Gasteiger partial charge in [0.1, 0.15) is 5.75 Å². The van der Waals surface area contributed by atoms with Gasteiger partial charge in [0.25, 0.3) is 0 Å². The Morgan fingerprint density at radius 1 is 1.12 bits per heavy atom. The summed E-state index contributed by atoms with van der Waals surface area (Å²) in [6.07, 6.45) is 1.39. The van der Waals surface area contributed by atoms with Crippen molar-refractivity contribution in [2.75, 3.05) is 0 Å². The largest absolute Gasteiger partial charge is 0.439 e. The van der Waals surface area contributed by atoms with Crippen LogP contribution < -0.4 is 4.74 Å². The minimum atomic E-state index is -0.988. The second-order valence-corrected chi connectivity index (χ2v) is 3.18. The van der Waals surface area contributed by atoms with Crippen LogP contribution in [0.25, 0.3) is 0 Å². The molecule has 2 aromatic rings. The van der Waals surface area contributed by atoms with Gasteiger partial charge in [-0.25, -0.2) is 13.8 Å². The summed E-state index contributed by atoms with van der Waals surface area (Å²) in [6.45, 7) is 0. The first-order valence-corrected chi connectivity index (χ1v) is 4.64. The van der Waals surface area contributed by atoms with E-state index in [2.05, 4.69) is 9.97 Å². The summed E-state index contributed by atoms with van der Waals surface area (Å²) in [7, 11) is 0. The molecule has 1 heterocycles. The first-order chi connectivity index (χ1) is 7.65. The van der Waals surface area contributed by atoms with Crippen LogP contribution >= 0.6 is 11.6 Å². The fraction of sp³-hybridized carbons (Fsp3) is 0. The van der Waals surface area contributed by atoms with Gasteiger partial charge in [0.2, 0.25) is 11.2 Å². The highest BCUT2D eigenvalue weighted by Gasteiger charge is 2.05. The van der Waals surface area contributed by atoms with E-state index >= 15 is 0 Å². The van der Waals surface area contributed by atoms with E-state index in [0.717, 1.165) is 12.1 Å². The van der Waals surface area contributed by atoms with Crippen molar-refractivity contribution in [2.24, 2.45) is 0 Å². The van der Waals surface area contributed by atoms with Crippen molar-refractivity contribution in [3.63, 3.8) is 0 Å². The van der Waals surface area contributed by atoms with Gasteiger partial charge in [-0.05, 0) is 23.7 Å². The smallest absolute Gasteiger partial charge is 0.225 e. The van der Waals surface area contributed by atoms with Crippen LogP contribution in [0.3, 0.4) is 0 Å². The number of benzene rings is 1. The van der Waals surface area contributed by atoms with E-state index < -0.39 is 11.6 Å². The third kappa shape index (κ3) is 2.43. The predicted octanol–water partition coefficient (Wildman–Crippen LogP) is 3.20. The van der Waals surface area contributed by atoms with Gasteiger partial charge in [-0.1, -0.05) is 0 Å². The number of aromatic nitrogens is 2. The Morgan fingerprint density at radius 2 is 1.94 bits per heavy atom. The van der Waals surface area contributed by atoms with Crippen molar-refractivity contribution >= 4 is 11.6 Å². The van der Waals surface area contributed by atoms with Crippen LogP contribution in [0.1, 0.15) is 0 Å². The third-order valence-corrected chi connectivity index (χ3v) is 1.90. The molecule has 0 fully saturated rings.